The third kappa shape index (κ3) is 3.62. The first-order chi connectivity index (χ1) is 9.92. The highest BCUT2D eigenvalue weighted by Gasteiger charge is 2.10. The molecule has 2 nitrogen and oxygen atoms in total. The van der Waals surface area contributed by atoms with Gasteiger partial charge < -0.3 is 10.2 Å². The molecule has 1 fully saturated rings. The summed E-state index contributed by atoms with van der Waals surface area (Å²) in [6.45, 7) is 4.34. The molecule has 0 unspecified atom stereocenters. The van der Waals surface area contributed by atoms with Crippen molar-refractivity contribution in [3.05, 3.63) is 52.2 Å². The minimum Gasteiger partial charge on any atom is -0.372 e. The minimum atomic E-state index is 0.943. The smallest absolute Gasteiger partial charge is 0.0366 e. The highest BCUT2D eigenvalue weighted by atomic mass is 32.1. The molecule has 106 valence electrons. The molecule has 1 aromatic heterocycles. The Morgan fingerprint density at radius 3 is 2.45 bits per heavy atom. The Morgan fingerprint density at radius 1 is 0.950 bits per heavy atom. The molecule has 0 aliphatic carbocycles. The zero-order chi connectivity index (χ0) is 13.6. The summed E-state index contributed by atoms with van der Waals surface area (Å²) in [5.41, 5.74) is 2.74. The van der Waals surface area contributed by atoms with E-state index in [1.807, 2.05) is 11.3 Å². The molecule has 2 aromatic rings. The van der Waals surface area contributed by atoms with E-state index in [9.17, 15) is 0 Å². The monoisotopic (exact) mass is 286 g/mol. The number of thiophene rings is 1. The van der Waals surface area contributed by atoms with Gasteiger partial charge in [-0.05, 0) is 48.4 Å². The van der Waals surface area contributed by atoms with Crippen LogP contribution in [0.25, 0.3) is 0 Å². The fourth-order valence-electron chi connectivity index (χ4n) is 2.72. The van der Waals surface area contributed by atoms with E-state index >= 15 is 0 Å². The quantitative estimate of drug-likeness (QED) is 0.893. The van der Waals surface area contributed by atoms with Gasteiger partial charge in [0.05, 0.1) is 0 Å². The maximum Gasteiger partial charge on any atom is 0.0366 e. The fourth-order valence-corrected chi connectivity index (χ4v) is 3.39. The summed E-state index contributed by atoms with van der Waals surface area (Å²) in [6, 6.07) is 13.3. The molecule has 0 bridgehead atoms. The van der Waals surface area contributed by atoms with Crippen molar-refractivity contribution in [2.75, 3.05) is 18.0 Å². The summed E-state index contributed by atoms with van der Waals surface area (Å²) in [4.78, 5) is 3.90. The lowest BCUT2D eigenvalue weighted by Crippen LogP contribution is -2.29. The Morgan fingerprint density at radius 2 is 1.75 bits per heavy atom. The Labute approximate surface area is 125 Å². The van der Waals surface area contributed by atoms with Gasteiger partial charge >= 0.3 is 0 Å². The second kappa shape index (κ2) is 6.91. The van der Waals surface area contributed by atoms with Crippen LogP contribution in [-0.4, -0.2) is 13.1 Å². The maximum absolute atomic E-state index is 3.50. The van der Waals surface area contributed by atoms with Crippen LogP contribution in [0, 0.1) is 0 Å². The van der Waals surface area contributed by atoms with Gasteiger partial charge in [-0.25, -0.2) is 0 Å². The summed E-state index contributed by atoms with van der Waals surface area (Å²) < 4.78 is 0. The first-order valence-corrected chi connectivity index (χ1v) is 8.37. The van der Waals surface area contributed by atoms with Crippen molar-refractivity contribution < 1.29 is 0 Å². The number of nitrogens with zero attached hydrogens (tertiary/aromatic N) is 1. The molecule has 2 heterocycles. The number of hydrogen-bond donors (Lipinski definition) is 1. The van der Waals surface area contributed by atoms with Crippen LogP contribution in [0.2, 0.25) is 0 Å². The number of hydrogen-bond acceptors (Lipinski definition) is 3. The van der Waals surface area contributed by atoms with E-state index in [1.54, 1.807) is 0 Å². The molecule has 20 heavy (non-hydrogen) atoms. The van der Waals surface area contributed by atoms with Crippen LogP contribution in [0.1, 0.15) is 29.7 Å². The van der Waals surface area contributed by atoms with Gasteiger partial charge in [0, 0.05) is 36.7 Å². The first-order valence-electron chi connectivity index (χ1n) is 7.49. The lowest BCUT2D eigenvalue weighted by atomic mass is 10.1. The second-order valence-electron chi connectivity index (χ2n) is 5.40. The number of piperidine rings is 1. The normalized spacial score (nSPS) is 15.5. The van der Waals surface area contributed by atoms with Gasteiger partial charge in [-0.2, -0.15) is 0 Å². The van der Waals surface area contributed by atoms with Crippen molar-refractivity contribution in [1.82, 2.24) is 5.32 Å². The predicted molar refractivity (Wildman–Crippen MR) is 87.4 cm³/mol. The third-order valence-electron chi connectivity index (χ3n) is 3.87. The average molecular weight is 286 g/mol. The van der Waals surface area contributed by atoms with Gasteiger partial charge in [0.15, 0.2) is 0 Å². The Bertz CT molecular complexity index is 498. The molecule has 3 heteroatoms. The van der Waals surface area contributed by atoms with Crippen LogP contribution >= 0.6 is 11.3 Å². The summed E-state index contributed by atoms with van der Waals surface area (Å²) in [5.74, 6) is 0. The molecular weight excluding hydrogens is 264 g/mol. The van der Waals surface area contributed by atoms with Gasteiger partial charge in [0.2, 0.25) is 0 Å². The summed E-state index contributed by atoms with van der Waals surface area (Å²) in [6.07, 6.45) is 4.06. The van der Waals surface area contributed by atoms with Crippen molar-refractivity contribution in [3.63, 3.8) is 0 Å². The van der Waals surface area contributed by atoms with Gasteiger partial charge in [-0.15, -0.1) is 11.3 Å². The predicted octanol–water partition coefficient (Wildman–Crippen LogP) is 4.03. The molecule has 3 rings (SSSR count). The van der Waals surface area contributed by atoms with Gasteiger partial charge in [-0.3, -0.25) is 0 Å². The Hall–Kier alpha value is -1.32. The van der Waals surface area contributed by atoms with Crippen LogP contribution in [0.3, 0.4) is 0 Å². The lowest BCUT2D eigenvalue weighted by Gasteiger charge is -2.28. The van der Waals surface area contributed by atoms with Crippen LogP contribution in [0.4, 0.5) is 5.69 Å². The number of nitrogens with one attached hydrogen (secondary N) is 1. The molecule has 0 atom stereocenters. The molecule has 0 saturated carbocycles. The molecule has 0 spiro atoms. The molecule has 0 amide bonds. The van der Waals surface area contributed by atoms with Gasteiger partial charge in [0.1, 0.15) is 0 Å². The molecule has 1 aromatic carbocycles. The number of benzene rings is 1. The van der Waals surface area contributed by atoms with Crippen molar-refractivity contribution in [2.24, 2.45) is 0 Å². The zero-order valence-corrected chi connectivity index (χ0v) is 12.7. The minimum absolute atomic E-state index is 0.943. The standard InChI is InChI=1S/C17H22N2S/c1-2-10-19(11-3-1)16-8-6-15(7-9-16)13-18-14-17-5-4-12-20-17/h4-9,12,18H,1-3,10-11,13-14H2. The summed E-state index contributed by atoms with van der Waals surface area (Å²) >= 11 is 1.81. The Balaban J connectivity index is 1.50. The molecular formula is C17H22N2S. The Kier molecular flexibility index (Phi) is 4.72. The van der Waals surface area contributed by atoms with E-state index in [0.29, 0.717) is 0 Å². The van der Waals surface area contributed by atoms with Gasteiger partial charge in [-0.1, -0.05) is 18.2 Å². The summed E-state index contributed by atoms with van der Waals surface area (Å²) in [7, 11) is 0. The van der Waals surface area contributed by atoms with Crippen LogP contribution in [-0.2, 0) is 13.1 Å². The molecule has 1 N–H and O–H groups in total. The van der Waals surface area contributed by atoms with Crippen molar-refractivity contribution >= 4 is 17.0 Å². The first kappa shape index (κ1) is 13.7. The van der Waals surface area contributed by atoms with E-state index < -0.39 is 0 Å². The van der Waals surface area contributed by atoms with E-state index in [0.717, 1.165) is 13.1 Å². The van der Waals surface area contributed by atoms with E-state index in [1.165, 1.54) is 48.5 Å². The van der Waals surface area contributed by atoms with Crippen LogP contribution in [0.15, 0.2) is 41.8 Å². The van der Waals surface area contributed by atoms with E-state index in [-0.39, 0.29) is 0 Å². The molecule has 1 aliphatic heterocycles. The molecule has 0 radical (unpaired) electrons. The van der Waals surface area contributed by atoms with Gasteiger partial charge in [0.25, 0.3) is 0 Å². The number of anilines is 1. The van der Waals surface area contributed by atoms with Crippen molar-refractivity contribution in [3.8, 4) is 0 Å². The highest BCUT2D eigenvalue weighted by molar-refractivity contribution is 7.09. The SMILES string of the molecule is c1csc(CNCc2ccc(N3CCCCC3)cc2)c1. The van der Waals surface area contributed by atoms with Crippen molar-refractivity contribution in [2.45, 2.75) is 32.4 Å². The number of rotatable bonds is 5. The molecule has 1 aliphatic rings. The maximum atomic E-state index is 3.50. The summed E-state index contributed by atoms with van der Waals surface area (Å²) in [5, 5.41) is 5.63. The topological polar surface area (TPSA) is 15.3 Å². The second-order valence-corrected chi connectivity index (χ2v) is 6.43. The third-order valence-corrected chi connectivity index (χ3v) is 4.74. The van der Waals surface area contributed by atoms with E-state index in [4.69, 9.17) is 0 Å². The fraction of sp³-hybridized carbons (Fsp3) is 0.412. The van der Waals surface area contributed by atoms with Crippen LogP contribution in [0.5, 0.6) is 0 Å². The van der Waals surface area contributed by atoms with Crippen LogP contribution < -0.4 is 10.2 Å². The molecule has 1 saturated heterocycles. The zero-order valence-electron chi connectivity index (χ0n) is 11.8. The van der Waals surface area contributed by atoms with E-state index in [2.05, 4.69) is 52.0 Å². The van der Waals surface area contributed by atoms with Crippen molar-refractivity contribution in [1.29, 1.82) is 0 Å². The highest BCUT2D eigenvalue weighted by Crippen LogP contribution is 2.20. The lowest BCUT2D eigenvalue weighted by molar-refractivity contribution is 0.578. The average Bonchev–Trinajstić information content (AvgIpc) is 3.02. The largest absolute Gasteiger partial charge is 0.372 e.